The van der Waals surface area contributed by atoms with Crippen LogP contribution in [0.2, 0.25) is 0 Å². The van der Waals surface area contributed by atoms with E-state index in [0.717, 1.165) is 18.7 Å². The normalized spacial score (nSPS) is 13.8. The van der Waals surface area contributed by atoms with Gasteiger partial charge in [0.05, 0.1) is 6.54 Å². The maximum atomic E-state index is 3.90. The van der Waals surface area contributed by atoms with Gasteiger partial charge in [-0.15, -0.1) is 10.2 Å². The van der Waals surface area contributed by atoms with Crippen LogP contribution >= 0.6 is 0 Å². The molecular formula is C11H14N6. The van der Waals surface area contributed by atoms with Gasteiger partial charge in [-0.3, -0.25) is 0 Å². The summed E-state index contributed by atoms with van der Waals surface area (Å²) in [7, 11) is 2.12. The molecule has 1 aromatic heterocycles. The topological polar surface area (TPSA) is 69.7 Å². The van der Waals surface area contributed by atoms with Crippen LogP contribution in [0.25, 0.3) is 0 Å². The number of nitrogens with zero attached hydrogens (tertiary/aromatic N) is 4. The lowest BCUT2D eigenvalue weighted by molar-refractivity contribution is 0.881. The van der Waals surface area contributed by atoms with Crippen molar-refractivity contribution in [3.8, 4) is 0 Å². The number of hydrogen-bond donors (Lipinski definition) is 2. The minimum Gasteiger partial charge on any atom is -0.378 e. The Hall–Kier alpha value is -2.11. The molecule has 3 rings (SSSR count). The van der Waals surface area contributed by atoms with Crippen LogP contribution in [-0.4, -0.2) is 34.2 Å². The molecular weight excluding hydrogens is 216 g/mol. The Morgan fingerprint density at radius 1 is 1.47 bits per heavy atom. The standard InChI is InChI=1S/C11H14N6/c1-17-5-4-8-6-9(2-3-10(8)17)12-7-11-13-15-16-14-11/h2-3,6,12H,4-5,7H2,1H3,(H,13,14,15,16). The lowest BCUT2D eigenvalue weighted by Gasteiger charge is -2.12. The van der Waals surface area contributed by atoms with Gasteiger partial charge in [-0.1, -0.05) is 5.21 Å². The van der Waals surface area contributed by atoms with Gasteiger partial charge in [-0.25, -0.2) is 0 Å². The summed E-state index contributed by atoms with van der Waals surface area (Å²) < 4.78 is 0. The number of nitrogens with one attached hydrogen (secondary N) is 2. The van der Waals surface area contributed by atoms with Crippen molar-refractivity contribution in [2.75, 3.05) is 23.8 Å². The van der Waals surface area contributed by atoms with Crippen molar-refractivity contribution in [2.24, 2.45) is 0 Å². The first-order chi connectivity index (χ1) is 8.33. The van der Waals surface area contributed by atoms with E-state index >= 15 is 0 Å². The lowest BCUT2D eigenvalue weighted by atomic mass is 10.1. The Kier molecular flexibility index (Phi) is 2.40. The van der Waals surface area contributed by atoms with Gasteiger partial charge in [-0.2, -0.15) is 5.21 Å². The Morgan fingerprint density at radius 2 is 2.41 bits per heavy atom. The monoisotopic (exact) mass is 230 g/mol. The first-order valence-electron chi connectivity index (χ1n) is 5.63. The van der Waals surface area contributed by atoms with Crippen LogP contribution in [0, 0.1) is 0 Å². The number of anilines is 2. The quantitative estimate of drug-likeness (QED) is 0.816. The van der Waals surface area contributed by atoms with Crippen LogP contribution in [0.1, 0.15) is 11.4 Å². The van der Waals surface area contributed by atoms with E-state index in [4.69, 9.17) is 0 Å². The number of benzene rings is 1. The summed E-state index contributed by atoms with van der Waals surface area (Å²) in [6.07, 6.45) is 1.11. The minimum absolute atomic E-state index is 0.588. The van der Waals surface area contributed by atoms with Crippen LogP contribution in [0.5, 0.6) is 0 Å². The summed E-state index contributed by atoms with van der Waals surface area (Å²) in [5.74, 6) is 0.669. The average molecular weight is 230 g/mol. The van der Waals surface area contributed by atoms with E-state index in [-0.39, 0.29) is 0 Å². The van der Waals surface area contributed by atoms with Crippen molar-refractivity contribution in [1.82, 2.24) is 20.6 Å². The van der Waals surface area contributed by atoms with Gasteiger partial charge in [0.15, 0.2) is 5.82 Å². The van der Waals surface area contributed by atoms with E-state index in [1.165, 1.54) is 11.3 Å². The minimum atomic E-state index is 0.588. The number of likely N-dealkylation sites (N-methyl/N-ethyl adjacent to an activating group) is 1. The second kappa shape index (κ2) is 4.04. The maximum Gasteiger partial charge on any atom is 0.193 e. The summed E-state index contributed by atoms with van der Waals surface area (Å²) in [6, 6.07) is 6.43. The van der Waals surface area contributed by atoms with E-state index in [1.807, 2.05) is 0 Å². The molecule has 0 saturated heterocycles. The van der Waals surface area contributed by atoms with Gasteiger partial charge in [0.1, 0.15) is 0 Å². The largest absolute Gasteiger partial charge is 0.378 e. The van der Waals surface area contributed by atoms with Crippen molar-refractivity contribution in [2.45, 2.75) is 13.0 Å². The Morgan fingerprint density at radius 3 is 3.24 bits per heavy atom. The fraction of sp³-hybridized carbons (Fsp3) is 0.364. The molecule has 17 heavy (non-hydrogen) atoms. The molecule has 1 aliphatic heterocycles. The van der Waals surface area contributed by atoms with Crippen molar-refractivity contribution in [3.05, 3.63) is 29.6 Å². The molecule has 0 fully saturated rings. The Balaban J connectivity index is 1.72. The molecule has 1 aliphatic rings. The zero-order chi connectivity index (χ0) is 11.7. The molecule has 0 bridgehead atoms. The molecule has 6 nitrogen and oxygen atoms in total. The lowest BCUT2D eigenvalue weighted by Crippen LogP contribution is -2.12. The number of hydrogen-bond acceptors (Lipinski definition) is 5. The number of rotatable bonds is 3. The van der Waals surface area contributed by atoms with E-state index < -0.39 is 0 Å². The van der Waals surface area contributed by atoms with Gasteiger partial charge in [0.2, 0.25) is 0 Å². The number of tetrazole rings is 1. The van der Waals surface area contributed by atoms with Crippen molar-refractivity contribution in [1.29, 1.82) is 0 Å². The summed E-state index contributed by atoms with van der Waals surface area (Å²) >= 11 is 0. The Labute approximate surface area is 99.0 Å². The molecule has 0 aliphatic carbocycles. The third-order valence-electron chi connectivity index (χ3n) is 3.05. The zero-order valence-electron chi connectivity index (χ0n) is 9.64. The molecule has 0 radical (unpaired) electrons. The average Bonchev–Trinajstić information content (AvgIpc) is 2.97. The fourth-order valence-corrected chi connectivity index (χ4v) is 2.12. The number of aromatic nitrogens is 4. The molecule has 2 heterocycles. The molecule has 2 N–H and O–H groups in total. The second-order valence-corrected chi connectivity index (χ2v) is 4.20. The molecule has 0 atom stereocenters. The second-order valence-electron chi connectivity index (χ2n) is 4.20. The summed E-state index contributed by atoms with van der Waals surface area (Å²) in [5.41, 5.74) is 3.82. The maximum absolute atomic E-state index is 3.90. The highest BCUT2D eigenvalue weighted by Crippen LogP contribution is 2.29. The highest BCUT2D eigenvalue weighted by atomic mass is 15.5. The van der Waals surface area contributed by atoms with Crippen molar-refractivity contribution < 1.29 is 0 Å². The van der Waals surface area contributed by atoms with Crippen molar-refractivity contribution in [3.63, 3.8) is 0 Å². The van der Waals surface area contributed by atoms with Crippen molar-refractivity contribution >= 4 is 11.4 Å². The molecule has 88 valence electrons. The van der Waals surface area contributed by atoms with E-state index in [0.29, 0.717) is 12.4 Å². The van der Waals surface area contributed by atoms with Gasteiger partial charge in [0, 0.05) is 25.0 Å². The van der Waals surface area contributed by atoms with Gasteiger partial charge >= 0.3 is 0 Å². The summed E-state index contributed by atoms with van der Waals surface area (Å²) in [5, 5.41) is 17.0. The number of fused-ring (bicyclic) bond motifs is 1. The summed E-state index contributed by atoms with van der Waals surface area (Å²) in [4.78, 5) is 2.28. The smallest absolute Gasteiger partial charge is 0.193 e. The third kappa shape index (κ3) is 1.93. The highest BCUT2D eigenvalue weighted by molar-refractivity contribution is 5.63. The first kappa shape index (κ1) is 10.1. The molecule has 0 unspecified atom stereocenters. The van der Waals surface area contributed by atoms with Gasteiger partial charge < -0.3 is 10.2 Å². The molecule has 0 spiro atoms. The fourth-order valence-electron chi connectivity index (χ4n) is 2.12. The highest BCUT2D eigenvalue weighted by Gasteiger charge is 2.15. The third-order valence-corrected chi connectivity index (χ3v) is 3.05. The molecule has 0 amide bonds. The van der Waals surface area contributed by atoms with Crippen LogP contribution in [0.4, 0.5) is 11.4 Å². The van der Waals surface area contributed by atoms with Crippen LogP contribution < -0.4 is 10.2 Å². The number of aromatic amines is 1. The predicted octanol–water partition coefficient (Wildman–Crippen LogP) is 0.804. The summed E-state index contributed by atoms with van der Waals surface area (Å²) in [6.45, 7) is 1.69. The van der Waals surface area contributed by atoms with Crippen LogP contribution in [0.3, 0.4) is 0 Å². The zero-order valence-corrected chi connectivity index (χ0v) is 9.64. The molecule has 1 aromatic carbocycles. The number of H-pyrrole nitrogens is 1. The Bertz CT molecular complexity index is 507. The SMILES string of the molecule is CN1CCc2cc(NCc3nn[nH]n3)ccc21. The van der Waals surface area contributed by atoms with E-state index in [2.05, 4.69) is 56.1 Å². The molecule has 6 heteroatoms. The van der Waals surface area contributed by atoms with E-state index in [9.17, 15) is 0 Å². The molecule has 0 saturated carbocycles. The van der Waals surface area contributed by atoms with E-state index in [1.54, 1.807) is 0 Å². The van der Waals surface area contributed by atoms with Crippen LogP contribution in [-0.2, 0) is 13.0 Å². The first-order valence-corrected chi connectivity index (χ1v) is 5.63. The predicted molar refractivity (Wildman–Crippen MR) is 64.9 cm³/mol. The molecule has 2 aromatic rings. The van der Waals surface area contributed by atoms with Gasteiger partial charge in [-0.05, 0) is 30.2 Å². The van der Waals surface area contributed by atoms with Gasteiger partial charge in [0.25, 0.3) is 0 Å². The van der Waals surface area contributed by atoms with Crippen LogP contribution in [0.15, 0.2) is 18.2 Å².